The highest BCUT2D eigenvalue weighted by Crippen LogP contribution is 2.56. The van der Waals surface area contributed by atoms with E-state index in [2.05, 4.69) is 5.32 Å². The molecule has 0 radical (unpaired) electrons. The van der Waals surface area contributed by atoms with Gasteiger partial charge in [-0.05, 0) is 42.3 Å². The van der Waals surface area contributed by atoms with Crippen molar-refractivity contribution in [3.8, 4) is 0 Å². The SMILES string of the molecule is CC[C@H](C)[C@@H](C[P+](c1ccccc1)(c1ccccc1)c1ccccc1)NC(=O)C(F)(F)F. The molecule has 0 aliphatic heterocycles. The van der Waals surface area contributed by atoms with Crippen molar-refractivity contribution in [1.82, 2.24) is 5.32 Å². The average Bonchev–Trinajstić information content (AvgIpc) is 2.82. The minimum atomic E-state index is -4.92. The first-order valence-electron chi connectivity index (χ1n) is 10.7. The number of rotatable bonds is 8. The van der Waals surface area contributed by atoms with Crippen molar-refractivity contribution in [2.24, 2.45) is 5.92 Å². The van der Waals surface area contributed by atoms with Gasteiger partial charge in [0.05, 0.1) is 12.2 Å². The Morgan fingerprint density at radius 2 is 1.19 bits per heavy atom. The summed E-state index contributed by atoms with van der Waals surface area (Å²) in [4.78, 5) is 12.0. The molecule has 3 aromatic carbocycles. The van der Waals surface area contributed by atoms with Crippen LogP contribution in [0.2, 0.25) is 0 Å². The maximum absolute atomic E-state index is 13.2. The number of halogens is 3. The van der Waals surface area contributed by atoms with Gasteiger partial charge >= 0.3 is 12.1 Å². The summed E-state index contributed by atoms with van der Waals surface area (Å²) in [7, 11) is -2.37. The van der Waals surface area contributed by atoms with E-state index < -0.39 is 25.4 Å². The Hall–Kier alpha value is -2.65. The molecule has 0 fully saturated rings. The van der Waals surface area contributed by atoms with Crippen LogP contribution in [-0.2, 0) is 4.79 Å². The topological polar surface area (TPSA) is 29.1 Å². The lowest BCUT2D eigenvalue weighted by Gasteiger charge is -2.33. The van der Waals surface area contributed by atoms with Gasteiger partial charge in [-0.2, -0.15) is 13.2 Å². The molecule has 0 heterocycles. The minimum Gasteiger partial charge on any atom is -0.342 e. The molecule has 3 rings (SSSR count). The Labute approximate surface area is 188 Å². The molecule has 1 amide bonds. The molecular formula is C26H28F3NOP+. The maximum Gasteiger partial charge on any atom is 0.471 e. The predicted molar refractivity (Wildman–Crippen MR) is 127 cm³/mol. The monoisotopic (exact) mass is 458 g/mol. The highest BCUT2D eigenvalue weighted by molar-refractivity contribution is 7.95. The van der Waals surface area contributed by atoms with Crippen molar-refractivity contribution < 1.29 is 18.0 Å². The van der Waals surface area contributed by atoms with Crippen LogP contribution in [0.1, 0.15) is 20.3 Å². The van der Waals surface area contributed by atoms with Gasteiger partial charge in [-0.1, -0.05) is 74.9 Å². The second-order valence-electron chi connectivity index (χ2n) is 7.96. The van der Waals surface area contributed by atoms with E-state index >= 15 is 0 Å². The lowest BCUT2D eigenvalue weighted by Crippen LogP contribution is -2.50. The Bertz CT molecular complexity index is 897. The zero-order chi connectivity index (χ0) is 23.2. The molecular weight excluding hydrogens is 430 g/mol. The van der Waals surface area contributed by atoms with Gasteiger partial charge < -0.3 is 5.32 Å². The minimum absolute atomic E-state index is 0.128. The van der Waals surface area contributed by atoms with Gasteiger partial charge in [0.1, 0.15) is 23.2 Å². The smallest absolute Gasteiger partial charge is 0.342 e. The molecule has 2 atom stereocenters. The van der Waals surface area contributed by atoms with E-state index in [1.807, 2.05) is 105 Å². The van der Waals surface area contributed by atoms with Gasteiger partial charge in [-0.25, -0.2) is 0 Å². The fourth-order valence-electron chi connectivity index (χ4n) is 4.01. The van der Waals surface area contributed by atoms with Crippen LogP contribution in [0, 0.1) is 5.92 Å². The van der Waals surface area contributed by atoms with Crippen LogP contribution in [0.15, 0.2) is 91.0 Å². The molecule has 6 heteroatoms. The summed E-state index contributed by atoms with van der Waals surface area (Å²) in [6.45, 7) is 3.84. The summed E-state index contributed by atoms with van der Waals surface area (Å²) in [5, 5.41) is 5.56. The Morgan fingerprint density at radius 3 is 1.50 bits per heavy atom. The summed E-state index contributed by atoms with van der Waals surface area (Å²) in [5.41, 5.74) is 0. The Kier molecular flexibility index (Phi) is 7.73. The molecule has 168 valence electrons. The van der Waals surface area contributed by atoms with Crippen molar-refractivity contribution in [2.45, 2.75) is 32.5 Å². The molecule has 0 saturated heterocycles. The number of carbonyl (C=O) groups excluding carboxylic acids is 1. The first kappa shape index (κ1) is 24.0. The van der Waals surface area contributed by atoms with Crippen LogP contribution in [0.4, 0.5) is 13.2 Å². The largest absolute Gasteiger partial charge is 0.471 e. The molecule has 0 aliphatic carbocycles. The lowest BCUT2D eigenvalue weighted by molar-refractivity contribution is -0.174. The molecule has 2 nitrogen and oxygen atoms in total. The lowest BCUT2D eigenvalue weighted by atomic mass is 10.0. The number of nitrogens with one attached hydrogen (secondary N) is 1. The molecule has 0 spiro atoms. The van der Waals surface area contributed by atoms with Crippen LogP contribution >= 0.6 is 7.26 Å². The second-order valence-corrected chi connectivity index (χ2v) is 11.5. The maximum atomic E-state index is 13.2. The van der Waals surface area contributed by atoms with Gasteiger partial charge in [0.2, 0.25) is 0 Å². The quantitative estimate of drug-likeness (QED) is 0.469. The zero-order valence-corrected chi connectivity index (χ0v) is 19.1. The number of carbonyl (C=O) groups is 1. The molecule has 32 heavy (non-hydrogen) atoms. The highest BCUT2D eigenvalue weighted by atomic mass is 31.2. The van der Waals surface area contributed by atoms with E-state index in [1.54, 1.807) is 0 Å². The van der Waals surface area contributed by atoms with E-state index in [4.69, 9.17) is 0 Å². The molecule has 0 aliphatic rings. The van der Waals surface area contributed by atoms with E-state index in [9.17, 15) is 18.0 Å². The van der Waals surface area contributed by atoms with E-state index in [-0.39, 0.29) is 5.92 Å². The van der Waals surface area contributed by atoms with Crippen LogP contribution in [0.5, 0.6) is 0 Å². The number of hydrogen-bond donors (Lipinski definition) is 1. The summed E-state index contributed by atoms with van der Waals surface area (Å²) in [5.74, 6) is -2.01. The normalized spacial score (nSPS) is 13.9. The molecule has 0 bridgehead atoms. The third-order valence-corrected chi connectivity index (χ3v) is 10.4. The average molecular weight is 458 g/mol. The first-order chi connectivity index (χ1) is 15.3. The molecule has 0 aromatic heterocycles. The summed E-state index contributed by atoms with van der Waals surface area (Å²) < 4.78 is 39.5. The van der Waals surface area contributed by atoms with Crippen molar-refractivity contribution in [3.63, 3.8) is 0 Å². The van der Waals surface area contributed by atoms with Gasteiger partial charge in [0.25, 0.3) is 0 Å². The number of hydrogen-bond acceptors (Lipinski definition) is 1. The number of benzene rings is 3. The first-order valence-corrected chi connectivity index (χ1v) is 12.7. The van der Waals surface area contributed by atoms with Crippen molar-refractivity contribution in [2.75, 3.05) is 6.16 Å². The predicted octanol–water partition coefficient (Wildman–Crippen LogP) is 5.07. The van der Waals surface area contributed by atoms with E-state index in [0.717, 1.165) is 15.9 Å². The van der Waals surface area contributed by atoms with Crippen LogP contribution in [-0.4, -0.2) is 24.3 Å². The van der Waals surface area contributed by atoms with E-state index in [1.165, 1.54) is 0 Å². The van der Waals surface area contributed by atoms with Crippen LogP contribution in [0.25, 0.3) is 0 Å². The standard InChI is InChI=1S/C26H27F3NOP/c1-3-20(2)24(30-25(31)26(27,28)29)19-32(21-13-7-4-8-14-21,22-15-9-5-10-16-22)23-17-11-6-12-18-23/h4-18,20,24H,3,19H2,1-2H3/p+1/t20-,24+/m0/s1. The highest BCUT2D eigenvalue weighted by Gasteiger charge is 2.49. The fourth-order valence-corrected chi connectivity index (χ4v) is 8.62. The number of amides is 1. The molecule has 0 unspecified atom stereocenters. The molecule has 1 N–H and O–H groups in total. The third kappa shape index (κ3) is 5.21. The van der Waals surface area contributed by atoms with Crippen LogP contribution < -0.4 is 21.2 Å². The summed E-state index contributed by atoms with van der Waals surface area (Å²) >= 11 is 0. The fraction of sp³-hybridized carbons (Fsp3) is 0.269. The van der Waals surface area contributed by atoms with Gasteiger partial charge in [0.15, 0.2) is 0 Å². The van der Waals surface area contributed by atoms with Crippen molar-refractivity contribution in [1.29, 1.82) is 0 Å². The third-order valence-electron chi connectivity index (χ3n) is 5.97. The van der Waals surface area contributed by atoms with Crippen molar-refractivity contribution in [3.05, 3.63) is 91.0 Å². The number of alkyl halides is 3. The molecule has 3 aromatic rings. The Balaban J connectivity index is 2.22. The summed E-state index contributed by atoms with van der Waals surface area (Å²) in [6, 6.07) is 29.2. The van der Waals surface area contributed by atoms with Gasteiger partial charge in [-0.15, -0.1) is 0 Å². The van der Waals surface area contributed by atoms with Crippen molar-refractivity contribution >= 4 is 29.1 Å². The van der Waals surface area contributed by atoms with E-state index in [0.29, 0.717) is 12.6 Å². The molecule has 0 saturated carbocycles. The van der Waals surface area contributed by atoms with Crippen LogP contribution in [0.3, 0.4) is 0 Å². The zero-order valence-electron chi connectivity index (χ0n) is 18.2. The second kappa shape index (κ2) is 10.3. The van der Waals surface area contributed by atoms with Gasteiger partial charge in [0, 0.05) is 0 Å². The van der Waals surface area contributed by atoms with Gasteiger partial charge in [-0.3, -0.25) is 4.79 Å². The Morgan fingerprint density at radius 1 is 0.812 bits per heavy atom. The summed E-state index contributed by atoms with van der Waals surface area (Å²) in [6.07, 6.45) is -3.86.